The Bertz CT molecular complexity index is 352. The second-order valence-electron chi connectivity index (χ2n) is 4.59. The Morgan fingerprint density at radius 3 is 2.47 bits per heavy atom. The van der Waals surface area contributed by atoms with E-state index < -0.39 is 5.97 Å². The second kappa shape index (κ2) is 3.69. The molecular weight excluding hydrogens is 188 g/mol. The summed E-state index contributed by atoms with van der Waals surface area (Å²) >= 11 is 0. The molecule has 1 aromatic rings. The van der Waals surface area contributed by atoms with E-state index in [1.165, 1.54) is 5.56 Å². The molecule has 0 bridgehead atoms. The maximum absolute atomic E-state index is 10.8. The van der Waals surface area contributed by atoms with Crippen molar-refractivity contribution in [1.29, 1.82) is 0 Å². The molecular formula is C13H16O2. The number of rotatable bonds is 4. The van der Waals surface area contributed by atoms with Gasteiger partial charge in [0.2, 0.25) is 0 Å². The fraction of sp³-hybridized carbons (Fsp3) is 0.462. The van der Waals surface area contributed by atoms with Crippen LogP contribution in [0, 0.1) is 5.92 Å². The highest BCUT2D eigenvalue weighted by atomic mass is 16.4. The number of carboxylic acid groups (broad SMARTS) is 1. The van der Waals surface area contributed by atoms with Crippen molar-refractivity contribution in [3.63, 3.8) is 0 Å². The molecule has 2 nitrogen and oxygen atoms in total. The third kappa shape index (κ3) is 2.04. The Kier molecular flexibility index (Phi) is 2.51. The molecule has 2 heteroatoms. The standard InChI is InChI=1S/C13H16O2/c1-10(12(14)15)9-13(7-8-13)11-5-3-2-4-6-11/h2-6,10H,7-9H2,1H3,(H,14,15). The lowest BCUT2D eigenvalue weighted by atomic mass is 9.87. The number of hydrogen-bond acceptors (Lipinski definition) is 1. The zero-order valence-electron chi connectivity index (χ0n) is 8.94. The summed E-state index contributed by atoms with van der Waals surface area (Å²) in [4.78, 5) is 10.8. The van der Waals surface area contributed by atoms with E-state index in [1.807, 2.05) is 18.2 Å². The third-order valence-electron chi connectivity index (χ3n) is 3.36. The van der Waals surface area contributed by atoms with Crippen molar-refractivity contribution >= 4 is 5.97 Å². The van der Waals surface area contributed by atoms with Crippen molar-refractivity contribution in [3.05, 3.63) is 35.9 Å². The first kappa shape index (κ1) is 10.2. The summed E-state index contributed by atoms with van der Waals surface area (Å²) in [6, 6.07) is 10.3. The first-order chi connectivity index (χ1) is 7.14. The van der Waals surface area contributed by atoms with Gasteiger partial charge < -0.3 is 5.11 Å². The first-order valence-corrected chi connectivity index (χ1v) is 5.42. The highest BCUT2D eigenvalue weighted by Crippen LogP contribution is 2.52. The molecule has 15 heavy (non-hydrogen) atoms. The Morgan fingerprint density at radius 2 is 2.00 bits per heavy atom. The second-order valence-corrected chi connectivity index (χ2v) is 4.59. The van der Waals surface area contributed by atoms with Crippen molar-refractivity contribution < 1.29 is 9.90 Å². The van der Waals surface area contributed by atoms with Gasteiger partial charge in [0.25, 0.3) is 0 Å². The van der Waals surface area contributed by atoms with E-state index in [9.17, 15) is 4.79 Å². The van der Waals surface area contributed by atoms with Crippen molar-refractivity contribution in [2.45, 2.75) is 31.6 Å². The highest BCUT2D eigenvalue weighted by molar-refractivity contribution is 5.69. The summed E-state index contributed by atoms with van der Waals surface area (Å²) in [7, 11) is 0. The summed E-state index contributed by atoms with van der Waals surface area (Å²) in [6.07, 6.45) is 3.04. The van der Waals surface area contributed by atoms with Crippen LogP contribution in [0.15, 0.2) is 30.3 Å². The van der Waals surface area contributed by atoms with E-state index in [0.717, 1.165) is 19.3 Å². The molecule has 0 spiro atoms. The summed E-state index contributed by atoms with van der Waals surface area (Å²) < 4.78 is 0. The van der Waals surface area contributed by atoms with Crippen LogP contribution in [0.2, 0.25) is 0 Å². The lowest BCUT2D eigenvalue weighted by Crippen LogP contribution is -2.18. The molecule has 1 fully saturated rings. The van der Waals surface area contributed by atoms with Gasteiger partial charge in [-0.05, 0) is 30.2 Å². The molecule has 0 heterocycles. The quantitative estimate of drug-likeness (QED) is 0.818. The van der Waals surface area contributed by atoms with Crippen LogP contribution in [0.1, 0.15) is 31.7 Å². The van der Waals surface area contributed by atoms with Gasteiger partial charge in [-0.3, -0.25) is 4.79 Å². The van der Waals surface area contributed by atoms with Gasteiger partial charge in [-0.1, -0.05) is 37.3 Å². The van der Waals surface area contributed by atoms with Crippen LogP contribution in [0.25, 0.3) is 0 Å². The molecule has 0 aliphatic heterocycles. The number of benzene rings is 1. The molecule has 0 saturated heterocycles. The van der Waals surface area contributed by atoms with Crippen molar-refractivity contribution in [3.8, 4) is 0 Å². The monoisotopic (exact) mass is 204 g/mol. The molecule has 0 radical (unpaired) electrons. The number of carbonyl (C=O) groups is 1. The van der Waals surface area contributed by atoms with E-state index in [1.54, 1.807) is 6.92 Å². The molecule has 1 saturated carbocycles. The predicted molar refractivity (Wildman–Crippen MR) is 58.8 cm³/mol. The van der Waals surface area contributed by atoms with E-state index in [4.69, 9.17) is 5.11 Å². The summed E-state index contributed by atoms with van der Waals surface area (Å²) in [5.41, 5.74) is 1.47. The number of carboxylic acids is 1. The van der Waals surface area contributed by atoms with Crippen LogP contribution in [0.5, 0.6) is 0 Å². The van der Waals surface area contributed by atoms with Gasteiger partial charge in [-0.15, -0.1) is 0 Å². The summed E-state index contributed by atoms with van der Waals surface area (Å²) in [5.74, 6) is -0.926. The predicted octanol–water partition coefficient (Wildman–Crippen LogP) is 2.83. The molecule has 1 aliphatic carbocycles. The first-order valence-electron chi connectivity index (χ1n) is 5.42. The van der Waals surface area contributed by atoms with Crippen LogP contribution in [0.4, 0.5) is 0 Å². The maximum atomic E-state index is 10.8. The SMILES string of the molecule is CC(CC1(c2ccccc2)CC1)C(=O)O. The smallest absolute Gasteiger partial charge is 0.306 e. The fourth-order valence-electron chi connectivity index (χ4n) is 2.23. The van der Waals surface area contributed by atoms with E-state index in [2.05, 4.69) is 12.1 Å². The highest BCUT2D eigenvalue weighted by Gasteiger charge is 2.45. The average molecular weight is 204 g/mol. The molecule has 1 atom stereocenters. The molecule has 1 aromatic carbocycles. The van der Waals surface area contributed by atoms with E-state index >= 15 is 0 Å². The normalized spacial score (nSPS) is 19.5. The minimum absolute atomic E-state index is 0.166. The van der Waals surface area contributed by atoms with Gasteiger partial charge in [0.1, 0.15) is 0 Å². The van der Waals surface area contributed by atoms with Crippen LogP contribution < -0.4 is 0 Å². The third-order valence-corrected chi connectivity index (χ3v) is 3.36. The average Bonchev–Trinajstić information content (AvgIpc) is 3.00. The van der Waals surface area contributed by atoms with Gasteiger partial charge in [0.05, 0.1) is 5.92 Å². The Balaban J connectivity index is 2.12. The van der Waals surface area contributed by atoms with Gasteiger partial charge in [0.15, 0.2) is 0 Å². The van der Waals surface area contributed by atoms with Crippen molar-refractivity contribution in [2.24, 2.45) is 5.92 Å². The summed E-state index contributed by atoms with van der Waals surface area (Å²) in [6.45, 7) is 1.80. The molecule has 1 aliphatic rings. The van der Waals surface area contributed by atoms with E-state index in [-0.39, 0.29) is 11.3 Å². The van der Waals surface area contributed by atoms with Gasteiger partial charge in [0, 0.05) is 0 Å². The summed E-state index contributed by atoms with van der Waals surface area (Å²) in [5, 5.41) is 8.92. The van der Waals surface area contributed by atoms with Crippen LogP contribution in [-0.4, -0.2) is 11.1 Å². The molecule has 1 N–H and O–H groups in total. The number of hydrogen-bond donors (Lipinski definition) is 1. The Hall–Kier alpha value is -1.31. The maximum Gasteiger partial charge on any atom is 0.306 e. The fourth-order valence-corrected chi connectivity index (χ4v) is 2.23. The zero-order chi connectivity index (χ0) is 10.9. The van der Waals surface area contributed by atoms with E-state index in [0.29, 0.717) is 0 Å². The molecule has 0 amide bonds. The van der Waals surface area contributed by atoms with Crippen molar-refractivity contribution in [1.82, 2.24) is 0 Å². The minimum atomic E-state index is -0.683. The Labute approximate surface area is 89.9 Å². The topological polar surface area (TPSA) is 37.3 Å². The van der Waals surface area contributed by atoms with Gasteiger partial charge in [-0.2, -0.15) is 0 Å². The van der Waals surface area contributed by atoms with Crippen LogP contribution >= 0.6 is 0 Å². The largest absolute Gasteiger partial charge is 0.481 e. The van der Waals surface area contributed by atoms with Crippen LogP contribution in [0.3, 0.4) is 0 Å². The van der Waals surface area contributed by atoms with Crippen molar-refractivity contribution in [2.75, 3.05) is 0 Å². The van der Waals surface area contributed by atoms with Gasteiger partial charge in [-0.25, -0.2) is 0 Å². The molecule has 80 valence electrons. The Morgan fingerprint density at radius 1 is 1.40 bits per heavy atom. The molecule has 2 rings (SSSR count). The minimum Gasteiger partial charge on any atom is -0.481 e. The molecule has 0 aromatic heterocycles. The van der Waals surface area contributed by atoms with Crippen LogP contribution in [-0.2, 0) is 10.2 Å². The molecule has 1 unspecified atom stereocenters. The lowest BCUT2D eigenvalue weighted by molar-refractivity contribution is -0.141. The van der Waals surface area contributed by atoms with Gasteiger partial charge >= 0.3 is 5.97 Å². The lowest BCUT2D eigenvalue weighted by Gasteiger charge is -2.17. The number of aliphatic carboxylic acids is 1. The zero-order valence-corrected chi connectivity index (χ0v) is 8.94.